The zero-order chi connectivity index (χ0) is 21.9. The Morgan fingerprint density at radius 2 is 1.84 bits per heavy atom. The summed E-state index contributed by atoms with van der Waals surface area (Å²) in [6.45, 7) is 2.00. The Bertz CT molecular complexity index is 1330. The molecule has 0 aliphatic rings. The summed E-state index contributed by atoms with van der Waals surface area (Å²) < 4.78 is 7.74. The Hall–Kier alpha value is -3.97. The maximum Gasteiger partial charge on any atom is 0.255 e. The molecule has 0 radical (unpaired) electrons. The van der Waals surface area contributed by atoms with Crippen LogP contribution in [0, 0.1) is 0 Å². The molecule has 0 aliphatic carbocycles. The van der Waals surface area contributed by atoms with Gasteiger partial charge in [0.25, 0.3) is 5.91 Å². The van der Waals surface area contributed by atoms with Crippen molar-refractivity contribution in [2.45, 2.75) is 13.0 Å². The highest BCUT2D eigenvalue weighted by Gasteiger charge is 2.11. The van der Waals surface area contributed by atoms with Crippen molar-refractivity contribution in [2.24, 2.45) is 0 Å². The van der Waals surface area contributed by atoms with E-state index >= 15 is 0 Å². The smallest absolute Gasteiger partial charge is 0.255 e. The van der Waals surface area contributed by atoms with E-state index < -0.39 is 0 Å². The number of fused-ring (bicyclic) bond motifs is 1. The minimum atomic E-state index is -0.182. The van der Waals surface area contributed by atoms with Crippen LogP contribution in [0.2, 0.25) is 0 Å². The van der Waals surface area contributed by atoms with Crippen LogP contribution in [0.4, 0.5) is 5.69 Å². The first kappa shape index (κ1) is 20.0. The van der Waals surface area contributed by atoms with E-state index in [1.807, 2.05) is 79.9 Å². The molecule has 158 valence electrons. The fourth-order valence-electron chi connectivity index (χ4n) is 3.37. The van der Waals surface area contributed by atoms with Gasteiger partial charge < -0.3 is 10.1 Å². The van der Waals surface area contributed by atoms with Crippen molar-refractivity contribution in [2.75, 3.05) is 5.32 Å². The largest absolute Gasteiger partial charge is 0.486 e. The van der Waals surface area contributed by atoms with E-state index in [9.17, 15) is 4.79 Å². The summed E-state index contributed by atoms with van der Waals surface area (Å²) in [6, 6.07) is 24.8. The van der Waals surface area contributed by atoms with Crippen LogP contribution in [0.15, 0.2) is 91.3 Å². The molecule has 7 heteroatoms. The Morgan fingerprint density at radius 1 is 1.03 bits per heavy atom. The minimum absolute atomic E-state index is 0.0766. The standard InChI is InChI=1S/C25H20N4O2S/c1-17(18-6-3-2-4-7-18)31-22-12-10-19(11-13-22)23(30)27-21-9-5-8-20(16-21)24-28-29-15-14-26-25(29)32-24/h2-17H,1H3,(H,27,30)/t17-/m0/s1. The summed E-state index contributed by atoms with van der Waals surface area (Å²) in [6.07, 6.45) is 3.46. The van der Waals surface area contributed by atoms with Gasteiger partial charge in [-0.25, -0.2) is 9.50 Å². The third-order valence-electron chi connectivity index (χ3n) is 5.04. The lowest BCUT2D eigenvalue weighted by Crippen LogP contribution is -2.12. The average molecular weight is 441 g/mol. The zero-order valence-corrected chi connectivity index (χ0v) is 18.1. The molecule has 6 nitrogen and oxygen atoms in total. The number of imidazole rings is 1. The topological polar surface area (TPSA) is 68.5 Å². The Labute approximate surface area is 189 Å². The van der Waals surface area contributed by atoms with Gasteiger partial charge in [-0.15, -0.1) is 0 Å². The van der Waals surface area contributed by atoms with Gasteiger partial charge in [-0.1, -0.05) is 53.8 Å². The number of rotatable bonds is 6. The number of amides is 1. The molecule has 3 aromatic carbocycles. The maximum absolute atomic E-state index is 12.7. The minimum Gasteiger partial charge on any atom is -0.486 e. The summed E-state index contributed by atoms with van der Waals surface area (Å²) >= 11 is 1.50. The number of nitrogens with one attached hydrogen (secondary N) is 1. The molecule has 1 amide bonds. The fraction of sp³-hybridized carbons (Fsp3) is 0.0800. The fourth-order valence-corrected chi connectivity index (χ4v) is 4.22. The Morgan fingerprint density at radius 3 is 2.62 bits per heavy atom. The number of carbonyl (C=O) groups is 1. The van der Waals surface area contributed by atoms with Gasteiger partial charge in [0.05, 0.1) is 6.20 Å². The summed E-state index contributed by atoms with van der Waals surface area (Å²) in [5.74, 6) is 0.535. The predicted octanol–water partition coefficient (Wildman–Crippen LogP) is 5.85. The van der Waals surface area contributed by atoms with Crippen molar-refractivity contribution in [3.63, 3.8) is 0 Å². The van der Waals surface area contributed by atoms with Crippen molar-refractivity contribution < 1.29 is 9.53 Å². The molecular formula is C25H20N4O2S. The van der Waals surface area contributed by atoms with Gasteiger partial charge in [-0.2, -0.15) is 5.10 Å². The van der Waals surface area contributed by atoms with Crippen LogP contribution in [0.1, 0.15) is 28.9 Å². The maximum atomic E-state index is 12.7. The number of hydrogen-bond acceptors (Lipinski definition) is 5. The zero-order valence-electron chi connectivity index (χ0n) is 17.3. The first-order chi connectivity index (χ1) is 15.7. The Kier molecular flexibility index (Phi) is 5.39. The summed E-state index contributed by atoms with van der Waals surface area (Å²) in [5, 5.41) is 8.32. The van der Waals surface area contributed by atoms with Crippen LogP contribution in [-0.2, 0) is 0 Å². The van der Waals surface area contributed by atoms with Gasteiger partial charge in [-0.05, 0) is 48.9 Å². The number of anilines is 1. The molecule has 0 spiro atoms. The monoisotopic (exact) mass is 440 g/mol. The molecule has 0 fully saturated rings. The highest BCUT2D eigenvalue weighted by Crippen LogP contribution is 2.27. The molecule has 0 saturated heterocycles. The molecule has 5 rings (SSSR count). The van der Waals surface area contributed by atoms with Crippen molar-refractivity contribution in [1.82, 2.24) is 14.6 Å². The molecule has 0 saturated carbocycles. The first-order valence-electron chi connectivity index (χ1n) is 10.2. The highest BCUT2D eigenvalue weighted by molar-refractivity contribution is 7.19. The van der Waals surface area contributed by atoms with Crippen LogP contribution in [-0.4, -0.2) is 20.5 Å². The van der Waals surface area contributed by atoms with Crippen LogP contribution in [0.25, 0.3) is 15.5 Å². The second-order valence-corrected chi connectivity index (χ2v) is 8.25. The number of aromatic nitrogens is 3. The normalized spacial score (nSPS) is 11.9. The molecular weight excluding hydrogens is 420 g/mol. The molecule has 5 aromatic rings. The van der Waals surface area contributed by atoms with Crippen LogP contribution < -0.4 is 10.1 Å². The summed E-state index contributed by atoms with van der Waals surface area (Å²) in [4.78, 5) is 17.8. The van der Waals surface area contributed by atoms with E-state index in [0.717, 1.165) is 21.1 Å². The van der Waals surface area contributed by atoms with E-state index in [1.54, 1.807) is 22.8 Å². The van der Waals surface area contributed by atoms with E-state index in [1.165, 1.54) is 11.3 Å². The van der Waals surface area contributed by atoms with Gasteiger partial charge in [0.1, 0.15) is 16.9 Å². The van der Waals surface area contributed by atoms with Gasteiger partial charge in [0, 0.05) is 23.0 Å². The molecule has 0 aliphatic heterocycles. The SMILES string of the molecule is C[C@H](Oc1ccc(C(=O)Nc2cccc(-c3nn4ccnc4s3)c2)cc1)c1ccccc1. The third kappa shape index (κ3) is 4.24. The number of benzene rings is 3. The lowest BCUT2D eigenvalue weighted by atomic mass is 10.1. The van der Waals surface area contributed by atoms with Gasteiger partial charge in [0.15, 0.2) is 0 Å². The van der Waals surface area contributed by atoms with Gasteiger partial charge in [0.2, 0.25) is 4.96 Å². The predicted molar refractivity (Wildman–Crippen MR) is 126 cm³/mol. The molecule has 1 N–H and O–H groups in total. The average Bonchev–Trinajstić information content (AvgIpc) is 3.43. The van der Waals surface area contributed by atoms with Crippen LogP contribution in [0.5, 0.6) is 5.75 Å². The number of ether oxygens (including phenoxy) is 1. The quantitative estimate of drug-likeness (QED) is 0.360. The lowest BCUT2D eigenvalue weighted by molar-refractivity contribution is 0.102. The first-order valence-corrected chi connectivity index (χ1v) is 11.0. The van der Waals surface area contributed by atoms with Crippen LogP contribution >= 0.6 is 11.3 Å². The third-order valence-corrected chi connectivity index (χ3v) is 6.03. The Balaban J connectivity index is 1.26. The van der Waals surface area contributed by atoms with Crippen molar-refractivity contribution >= 4 is 27.9 Å². The lowest BCUT2D eigenvalue weighted by Gasteiger charge is -2.15. The van der Waals surface area contributed by atoms with E-state index in [2.05, 4.69) is 15.4 Å². The number of carbonyl (C=O) groups excluding carboxylic acids is 1. The number of hydrogen-bond donors (Lipinski definition) is 1. The summed E-state index contributed by atoms with van der Waals surface area (Å²) in [5.41, 5.74) is 3.29. The van der Waals surface area contributed by atoms with Crippen molar-refractivity contribution in [1.29, 1.82) is 0 Å². The second-order valence-electron chi connectivity index (χ2n) is 7.29. The second kappa shape index (κ2) is 8.64. The highest BCUT2D eigenvalue weighted by atomic mass is 32.1. The molecule has 2 heterocycles. The molecule has 2 aromatic heterocycles. The molecule has 32 heavy (non-hydrogen) atoms. The number of nitrogens with zero attached hydrogens (tertiary/aromatic N) is 3. The van der Waals surface area contributed by atoms with Crippen LogP contribution in [0.3, 0.4) is 0 Å². The molecule has 0 unspecified atom stereocenters. The van der Waals surface area contributed by atoms with Crippen molar-refractivity contribution in [3.05, 3.63) is 102 Å². The van der Waals surface area contributed by atoms with E-state index in [-0.39, 0.29) is 12.0 Å². The van der Waals surface area contributed by atoms with E-state index in [4.69, 9.17) is 4.74 Å². The molecule has 1 atom stereocenters. The molecule has 0 bridgehead atoms. The van der Waals surface area contributed by atoms with E-state index in [0.29, 0.717) is 17.0 Å². The van der Waals surface area contributed by atoms with Gasteiger partial charge >= 0.3 is 0 Å². The van der Waals surface area contributed by atoms with Gasteiger partial charge in [-0.3, -0.25) is 4.79 Å². The van der Waals surface area contributed by atoms with Crippen molar-refractivity contribution in [3.8, 4) is 16.3 Å². The summed E-state index contributed by atoms with van der Waals surface area (Å²) in [7, 11) is 0.